The van der Waals surface area contributed by atoms with Crippen LogP contribution in [0.1, 0.15) is 50.3 Å². The van der Waals surface area contributed by atoms with Gasteiger partial charge in [-0.05, 0) is 49.7 Å². The van der Waals surface area contributed by atoms with E-state index in [1.165, 1.54) is 6.07 Å². The van der Waals surface area contributed by atoms with Crippen LogP contribution < -0.4 is 24.8 Å². The van der Waals surface area contributed by atoms with E-state index < -0.39 is 29.1 Å². The number of nitrogens with zero attached hydrogens (tertiary/aromatic N) is 2. The summed E-state index contributed by atoms with van der Waals surface area (Å²) < 4.78 is 31.8. The molecule has 3 amide bonds. The smallest absolute Gasteiger partial charge is 0.321 e. The number of rotatable bonds is 8. The van der Waals surface area contributed by atoms with Crippen molar-refractivity contribution in [2.75, 3.05) is 7.11 Å². The van der Waals surface area contributed by atoms with E-state index in [-0.39, 0.29) is 24.3 Å². The van der Waals surface area contributed by atoms with Crippen LogP contribution in [0.5, 0.6) is 23.3 Å². The Balaban J connectivity index is 1.40. The highest BCUT2D eigenvalue weighted by Gasteiger charge is 2.45. The number of aromatic nitrogens is 2. The molecular weight excluding hydrogens is 551 g/mol. The molecule has 0 spiro atoms. The number of halogens is 1. The Morgan fingerprint density at radius 1 is 1.02 bits per heavy atom. The van der Waals surface area contributed by atoms with Gasteiger partial charge in [-0.25, -0.2) is 19.2 Å². The van der Waals surface area contributed by atoms with Gasteiger partial charge in [0.05, 0.1) is 24.3 Å². The standard InChI is InChI=1S/C33H33FN4O5/c1-19(2)42-27-16-11-21(18-35-27)26-15-14-24-28(23-7-6-8-25(34)29(23)43-30(24)37-26)33(3,4)31(39)38-32(40)36-17-20-9-12-22(41-5)13-10-20/h6-16,18-19,28H,17H2,1-5H3,(H2,36,38,39,40)/t28-/m0/s1. The zero-order valence-corrected chi connectivity index (χ0v) is 24.6. The van der Waals surface area contributed by atoms with Crippen molar-refractivity contribution in [1.29, 1.82) is 0 Å². The van der Waals surface area contributed by atoms with Gasteiger partial charge in [0.25, 0.3) is 0 Å². The first kappa shape index (κ1) is 29.5. The molecule has 10 heteroatoms. The van der Waals surface area contributed by atoms with Gasteiger partial charge in [0.1, 0.15) is 5.75 Å². The monoisotopic (exact) mass is 584 g/mol. The van der Waals surface area contributed by atoms with Crippen molar-refractivity contribution in [3.63, 3.8) is 0 Å². The predicted octanol–water partition coefficient (Wildman–Crippen LogP) is 6.37. The molecular formula is C33H33FN4O5. The lowest BCUT2D eigenvalue weighted by molar-refractivity contribution is -0.128. The first-order valence-corrected chi connectivity index (χ1v) is 13.9. The third-order valence-electron chi connectivity index (χ3n) is 7.24. The molecule has 0 bridgehead atoms. The van der Waals surface area contributed by atoms with Crippen LogP contribution in [0.4, 0.5) is 9.18 Å². The molecule has 3 heterocycles. The van der Waals surface area contributed by atoms with Crippen LogP contribution >= 0.6 is 0 Å². The van der Waals surface area contributed by atoms with Crippen molar-refractivity contribution in [3.05, 3.63) is 95.4 Å². The van der Waals surface area contributed by atoms with E-state index in [0.717, 1.165) is 5.56 Å². The van der Waals surface area contributed by atoms with Crippen molar-refractivity contribution in [3.8, 4) is 34.5 Å². The lowest BCUT2D eigenvalue weighted by Gasteiger charge is -2.37. The van der Waals surface area contributed by atoms with E-state index in [9.17, 15) is 9.59 Å². The van der Waals surface area contributed by atoms with E-state index in [1.807, 2.05) is 38.1 Å². The van der Waals surface area contributed by atoms with Gasteiger partial charge in [0.2, 0.25) is 17.7 Å². The third-order valence-corrected chi connectivity index (χ3v) is 7.24. The lowest BCUT2D eigenvalue weighted by atomic mass is 9.69. The van der Waals surface area contributed by atoms with Crippen LogP contribution in [0.25, 0.3) is 11.3 Å². The number of benzene rings is 2. The fraction of sp³-hybridized carbons (Fsp3) is 0.273. The molecule has 0 radical (unpaired) electrons. The molecule has 5 rings (SSSR count). The average Bonchev–Trinajstić information content (AvgIpc) is 2.99. The molecule has 2 aromatic carbocycles. The number of amides is 3. The summed E-state index contributed by atoms with van der Waals surface area (Å²) in [5, 5.41) is 5.16. The molecule has 2 aromatic heterocycles. The van der Waals surface area contributed by atoms with Crippen molar-refractivity contribution in [2.24, 2.45) is 5.41 Å². The minimum Gasteiger partial charge on any atom is -0.497 e. The number of hydrogen-bond acceptors (Lipinski definition) is 7. The van der Waals surface area contributed by atoms with Crippen LogP contribution in [-0.2, 0) is 11.3 Å². The second-order valence-corrected chi connectivity index (χ2v) is 11.0. The molecule has 0 fully saturated rings. The summed E-state index contributed by atoms with van der Waals surface area (Å²) in [5.74, 6) is -0.429. The van der Waals surface area contributed by atoms with Gasteiger partial charge in [-0.15, -0.1) is 0 Å². The van der Waals surface area contributed by atoms with Crippen LogP contribution in [0.3, 0.4) is 0 Å². The summed E-state index contributed by atoms with van der Waals surface area (Å²) in [5.41, 5.74) is 1.97. The Labute approximate surface area is 249 Å². The van der Waals surface area contributed by atoms with Gasteiger partial charge in [-0.2, -0.15) is 0 Å². The number of carbonyl (C=O) groups is 2. The third kappa shape index (κ3) is 6.28. The number of fused-ring (bicyclic) bond motifs is 2. The number of imide groups is 1. The number of pyridine rings is 2. The summed E-state index contributed by atoms with van der Waals surface area (Å²) in [7, 11) is 1.58. The molecule has 9 nitrogen and oxygen atoms in total. The van der Waals surface area contributed by atoms with Crippen molar-refractivity contribution >= 4 is 11.9 Å². The fourth-order valence-corrected chi connectivity index (χ4v) is 5.02. The molecule has 0 aliphatic carbocycles. The van der Waals surface area contributed by atoms with Crippen molar-refractivity contribution in [1.82, 2.24) is 20.6 Å². The molecule has 0 unspecified atom stereocenters. The van der Waals surface area contributed by atoms with Crippen LogP contribution in [-0.4, -0.2) is 35.1 Å². The molecule has 4 aromatic rings. The van der Waals surface area contributed by atoms with E-state index in [4.69, 9.17) is 14.2 Å². The highest BCUT2D eigenvalue weighted by molar-refractivity contribution is 5.98. The van der Waals surface area contributed by atoms with Crippen molar-refractivity contribution in [2.45, 2.75) is 46.3 Å². The first-order valence-electron chi connectivity index (χ1n) is 13.9. The van der Waals surface area contributed by atoms with Crippen molar-refractivity contribution < 1.29 is 28.2 Å². The minimum atomic E-state index is -1.21. The van der Waals surface area contributed by atoms with E-state index >= 15 is 4.39 Å². The second kappa shape index (κ2) is 12.1. The quantitative estimate of drug-likeness (QED) is 0.248. The number of urea groups is 1. The Kier molecular flexibility index (Phi) is 8.29. The lowest BCUT2D eigenvalue weighted by Crippen LogP contribution is -2.48. The molecule has 0 saturated heterocycles. The summed E-state index contributed by atoms with van der Waals surface area (Å²) in [6.45, 7) is 7.46. The van der Waals surface area contributed by atoms with Gasteiger partial charge >= 0.3 is 6.03 Å². The maximum atomic E-state index is 15.1. The van der Waals surface area contributed by atoms with E-state index in [2.05, 4.69) is 20.6 Å². The number of ether oxygens (including phenoxy) is 3. The number of hydrogen-bond donors (Lipinski definition) is 2. The van der Waals surface area contributed by atoms with Gasteiger partial charge in [0.15, 0.2) is 11.6 Å². The number of methoxy groups -OCH3 is 1. The summed E-state index contributed by atoms with van der Waals surface area (Å²) >= 11 is 0. The average molecular weight is 585 g/mol. The number of carbonyl (C=O) groups excluding carboxylic acids is 2. The Bertz CT molecular complexity index is 1640. The van der Waals surface area contributed by atoms with Gasteiger partial charge in [0, 0.05) is 41.4 Å². The molecule has 1 aliphatic heterocycles. The molecule has 1 aliphatic rings. The normalized spacial score (nSPS) is 13.8. The van der Waals surface area contributed by atoms with Crippen LogP contribution in [0, 0.1) is 11.2 Å². The van der Waals surface area contributed by atoms with Gasteiger partial charge in [-0.1, -0.05) is 44.2 Å². The summed E-state index contributed by atoms with van der Waals surface area (Å²) in [6, 6.07) is 18.3. The van der Waals surface area contributed by atoms with Gasteiger partial charge < -0.3 is 19.5 Å². The first-order chi connectivity index (χ1) is 20.6. The highest BCUT2D eigenvalue weighted by Crippen LogP contribution is 2.52. The summed E-state index contributed by atoms with van der Waals surface area (Å²) in [4.78, 5) is 35.4. The zero-order chi connectivity index (χ0) is 30.7. The van der Waals surface area contributed by atoms with E-state index in [0.29, 0.717) is 34.0 Å². The Morgan fingerprint density at radius 2 is 1.79 bits per heavy atom. The highest BCUT2D eigenvalue weighted by atomic mass is 19.1. The number of para-hydroxylation sites is 1. The molecule has 2 N–H and O–H groups in total. The summed E-state index contributed by atoms with van der Waals surface area (Å²) in [6.07, 6.45) is 1.63. The topological polar surface area (TPSA) is 112 Å². The predicted molar refractivity (Wildman–Crippen MR) is 159 cm³/mol. The zero-order valence-electron chi connectivity index (χ0n) is 24.6. The molecule has 222 valence electrons. The van der Waals surface area contributed by atoms with Crippen LogP contribution in [0.2, 0.25) is 0 Å². The Hall–Kier alpha value is -4.99. The Morgan fingerprint density at radius 3 is 2.47 bits per heavy atom. The molecule has 43 heavy (non-hydrogen) atoms. The van der Waals surface area contributed by atoms with E-state index in [1.54, 1.807) is 63.6 Å². The largest absolute Gasteiger partial charge is 0.497 e. The van der Waals surface area contributed by atoms with Crippen LogP contribution in [0.15, 0.2) is 72.9 Å². The molecule has 0 saturated carbocycles. The van der Waals surface area contributed by atoms with Gasteiger partial charge in [-0.3, -0.25) is 10.1 Å². The fourth-order valence-electron chi connectivity index (χ4n) is 5.02. The minimum absolute atomic E-state index is 0.00621. The maximum absolute atomic E-state index is 15.1. The number of nitrogens with one attached hydrogen (secondary N) is 2. The SMILES string of the molecule is COc1ccc(CNC(=O)NC(=O)C(C)(C)[C@@H]2c3ccc(-c4ccc(OC(C)C)nc4)nc3Oc3c(F)cccc32)cc1. The second-order valence-electron chi connectivity index (χ2n) is 11.0. The molecule has 1 atom stereocenters. The maximum Gasteiger partial charge on any atom is 0.321 e.